The number of hydrogen-bond donors (Lipinski definition) is 0. The van der Waals surface area contributed by atoms with Gasteiger partial charge in [0.1, 0.15) is 5.69 Å². The SMILES string of the molecule is CC(=O)c1nnn(-c2ccccc2[N+](=O)[O-])c1C. The Kier molecular flexibility index (Phi) is 2.88. The molecule has 0 bridgehead atoms. The predicted molar refractivity (Wildman–Crippen MR) is 62.8 cm³/mol. The van der Waals surface area contributed by atoms with Gasteiger partial charge in [-0.05, 0) is 13.0 Å². The van der Waals surface area contributed by atoms with Gasteiger partial charge in [0.2, 0.25) is 0 Å². The van der Waals surface area contributed by atoms with Gasteiger partial charge in [-0.15, -0.1) is 5.10 Å². The molecule has 7 heteroatoms. The summed E-state index contributed by atoms with van der Waals surface area (Å²) >= 11 is 0. The fourth-order valence-corrected chi connectivity index (χ4v) is 1.68. The third kappa shape index (κ3) is 1.86. The van der Waals surface area contributed by atoms with E-state index >= 15 is 0 Å². The number of nitrogens with zero attached hydrogens (tertiary/aromatic N) is 4. The quantitative estimate of drug-likeness (QED) is 0.467. The smallest absolute Gasteiger partial charge is 0.293 e. The normalized spacial score (nSPS) is 10.3. The number of Topliss-reactive ketones (excluding diaryl/α,β-unsaturated/α-hetero) is 1. The molecule has 0 atom stereocenters. The van der Waals surface area contributed by atoms with E-state index < -0.39 is 4.92 Å². The Morgan fingerprint density at radius 1 is 1.39 bits per heavy atom. The minimum Gasteiger partial charge on any atom is -0.293 e. The van der Waals surface area contributed by atoms with Crippen LogP contribution in [-0.2, 0) is 0 Å². The zero-order chi connectivity index (χ0) is 13.3. The maximum absolute atomic E-state index is 11.3. The van der Waals surface area contributed by atoms with Crippen LogP contribution in [0.1, 0.15) is 23.1 Å². The molecule has 7 nitrogen and oxygen atoms in total. The van der Waals surface area contributed by atoms with Gasteiger partial charge in [-0.3, -0.25) is 14.9 Å². The number of para-hydroxylation sites is 2. The van der Waals surface area contributed by atoms with Crippen molar-refractivity contribution in [3.63, 3.8) is 0 Å². The van der Waals surface area contributed by atoms with Crippen LogP contribution in [0.2, 0.25) is 0 Å². The summed E-state index contributed by atoms with van der Waals surface area (Å²) < 4.78 is 1.30. The van der Waals surface area contributed by atoms with Gasteiger partial charge in [-0.2, -0.15) is 0 Å². The van der Waals surface area contributed by atoms with Crippen molar-refractivity contribution < 1.29 is 9.72 Å². The summed E-state index contributed by atoms with van der Waals surface area (Å²) in [6.45, 7) is 3.02. The molecule has 0 saturated carbocycles. The number of benzene rings is 1. The summed E-state index contributed by atoms with van der Waals surface area (Å²) in [6, 6.07) is 6.17. The average Bonchev–Trinajstić information content (AvgIpc) is 2.71. The van der Waals surface area contributed by atoms with Gasteiger partial charge < -0.3 is 0 Å². The second-order valence-corrected chi connectivity index (χ2v) is 3.74. The second kappa shape index (κ2) is 4.36. The lowest BCUT2D eigenvalue weighted by atomic mass is 10.2. The Labute approximate surface area is 102 Å². The summed E-state index contributed by atoms with van der Waals surface area (Å²) in [6.07, 6.45) is 0. The van der Waals surface area contributed by atoms with Crippen LogP contribution in [0.15, 0.2) is 24.3 Å². The molecule has 0 radical (unpaired) electrons. The van der Waals surface area contributed by atoms with E-state index in [4.69, 9.17) is 0 Å². The van der Waals surface area contributed by atoms with Crippen molar-refractivity contribution >= 4 is 11.5 Å². The molecule has 0 N–H and O–H groups in total. The van der Waals surface area contributed by atoms with Crippen LogP contribution >= 0.6 is 0 Å². The molecule has 1 aromatic heterocycles. The predicted octanol–water partition coefficient (Wildman–Crippen LogP) is 1.69. The Morgan fingerprint density at radius 3 is 2.61 bits per heavy atom. The van der Waals surface area contributed by atoms with Crippen LogP contribution in [0.4, 0.5) is 5.69 Å². The van der Waals surface area contributed by atoms with E-state index in [0.29, 0.717) is 11.4 Å². The summed E-state index contributed by atoms with van der Waals surface area (Å²) in [5.41, 5.74) is 0.908. The molecule has 0 saturated heterocycles. The summed E-state index contributed by atoms with van der Waals surface area (Å²) in [5, 5.41) is 18.4. The van der Waals surface area contributed by atoms with E-state index in [0.717, 1.165) is 0 Å². The van der Waals surface area contributed by atoms with Crippen LogP contribution in [-0.4, -0.2) is 25.7 Å². The van der Waals surface area contributed by atoms with E-state index in [1.165, 1.54) is 17.7 Å². The molecule has 0 amide bonds. The van der Waals surface area contributed by atoms with Gasteiger partial charge >= 0.3 is 0 Å². The van der Waals surface area contributed by atoms with E-state index in [1.54, 1.807) is 25.1 Å². The molecular weight excluding hydrogens is 236 g/mol. The Balaban J connectivity index is 2.63. The minimum atomic E-state index is -0.496. The maximum Gasteiger partial charge on any atom is 0.294 e. The zero-order valence-electron chi connectivity index (χ0n) is 9.82. The van der Waals surface area contributed by atoms with E-state index in [-0.39, 0.29) is 17.2 Å². The first-order valence-electron chi connectivity index (χ1n) is 5.19. The highest BCUT2D eigenvalue weighted by molar-refractivity contribution is 5.93. The van der Waals surface area contributed by atoms with Crippen molar-refractivity contribution in [2.75, 3.05) is 0 Å². The number of ketones is 1. The Bertz CT molecular complexity index is 633. The first-order chi connectivity index (χ1) is 8.52. The van der Waals surface area contributed by atoms with Crippen molar-refractivity contribution in [2.45, 2.75) is 13.8 Å². The fourth-order valence-electron chi connectivity index (χ4n) is 1.68. The average molecular weight is 246 g/mol. The lowest BCUT2D eigenvalue weighted by molar-refractivity contribution is -0.384. The van der Waals surface area contributed by atoms with Crippen LogP contribution in [0, 0.1) is 17.0 Å². The van der Waals surface area contributed by atoms with Crippen molar-refractivity contribution in [1.29, 1.82) is 0 Å². The molecule has 1 heterocycles. The monoisotopic (exact) mass is 246 g/mol. The highest BCUT2D eigenvalue weighted by atomic mass is 16.6. The van der Waals surface area contributed by atoms with Gasteiger partial charge in [-0.25, -0.2) is 4.68 Å². The molecule has 2 aromatic rings. The van der Waals surface area contributed by atoms with Crippen LogP contribution in [0.3, 0.4) is 0 Å². The van der Waals surface area contributed by atoms with Gasteiger partial charge in [0.25, 0.3) is 5.69 Å². The number of nitro benzene ring substituents is 1. The van der Waals surface area contributed by atoms with Crippen molar-refractivity contribution in [2.24, 2.45) is 0 Å². The molecule has 2 rings (SSSR count). The van der Waals surface area contributed by atoms with Crippen LogP contribution in [0.5, 0.6) is 0 Å². The lowest BCUT2D eigenvalue weighted by Crippen LogP contribution is -2.04. The molecule has 1 aromatic carbocycles. The second-order valence-electron chi connectivity index (χ2n) is 3.74. The Morgan fingerprint density at radius 2 is 2.06 bits per heavy atom. The molecule has 0 aliphatic rings. The number of carbonyl (C=O) groups is 1. The third-order valence-corrected chi connectivity index (χ3v) is 2.53. The maximum atomic E-state index is 11.3. The summed E-state index contributed by atoms with van der Waals surface area (Å²) in [5.74, 6) is -0.225. The first kappa shape index (κ1) is 11.9. The van der Waals surface area contributed by atoms with E-state index in [9.17, 15) is 14.9 Å². The Hall–Kier alpha value is -2.57. The number of nitro groups is 1. The van der Waals surface area contributed by atoms with Crippen molar-refractivity contribution in [3.8, 4) is 5.69 Å². The number of rotatable bonds is 3. The van der Waals surface area contributed by atoms with Gasteiger partial charge in [0.15, 0.2) is 11.5 Å². The number of hydrogen-bond acceptors (Lipinski definition) is 5. The van der Waals surface area contributed by atoms with Crippen LogP contribution < -0.4 is 0 Å². The van der Waals surface area contributed by atoms with Gasteiger partial charge in [-0.1, -0.05) is 17.3 Å². The molecule has 0 aliphatic heterocycles. The van der Waals surface area contributed by atoms with Crippen molar-refractivity contribution in [1.82, 2.24) is 15.0 Å². The standard InChI is InChI=1S/C11H10N4O3/c1-7-11(8(2)16)12-13-14(7)9-5-3-4-6-10(9)15(17)18/h3-6H,1-2H3. The molecular formula is C11H10N4O3. The first-order valence-corrected chi connectivity index (χ1v) is 5.19. The fraction of sp³-hybridized carbons (Fsp3) is 0.182. The molecule has 0 aliphatic carbocycles. The van der Waals surface area contributed by atoms with Crippen LogP contribution in [0.25, 0.3) is 5.69 Å². The number of carbonyl (C=O) groups excluding carboxylic acids is 1. The van der Waals surface area contributed by atoms with Gasteiger partial charge in [0.05, 0.1) is 10.6 Å². The number of aromatic nitrogens is 3. The molecule has 0 spiro atoms. The summed E-state index contributed by atoms with van der Waals surface area (Å²) in [4.78, 5) is 21.7. The minimum absolute atomic E-state index is 0.0828. The third-order valence-electron chi connectivity index (χ3n) is 2.53. The molecule has 0 unspecified atom stereocenters. The molecule has 18 heavy (non-hydrogen) atoms. The lowest BCUT2D eigenvalue weighted by Gasteiger charge is -2.03. The highest BCUT2D eigenvalue weighted by Gasteiger charge is 2.20. The van der Waals surface area contributed by atoms with E-state index in [1.807, 2.05) is 0 Å². The van der Waals surface area contributed by atoms with Gasteiger partial charge in [0, 0.05) is 13.0 Å². The van der Waals surface area contributed by atoms with Crippen molar-refractivity contribution in [3.05, 3.63) is 45.8 Å². The van der Waals surface area contributed by atoms with E-state index in [2.05, 4.69) is 10.3 Å². The largest absolute Gasteiger partial charge is 0.294 e. The molecule has 0 fully saturated rings. The highest BCUT2D eigenvalue weighted by Crippen LogP contribution is 2.23. The zero-order valence-corrected chi connectivity index (χ0v) is 9.82. The molecule has 92 valence electrons. The summed E-state index contributed by atoms with van der Waals surface area (Å²) in [7, 11) is 0. The topological polar surface area (TPSA) is 90.9 Å².